The second kappa shape index (κ2) is 57.4. The number of hydrogen-bond acceptors (Lipinski definition) is 5. The van der Waals surface area contributed by atoms with Crippen LogP contribution in [-0.4, -0.2) is 57.3 Å². The molecule has 0 aromatic heterocycles. The number of aliphatic hydroxyl groups excluding tert-OH is 4. The molecule has 0 aromatic carbocycles. The third-order valence-corrected chi connectivity index (χ3v) is 14.6. The number of allylic oxidation sites excluding steroid dienone is 6. The minimum absolute atomic E-state index is 0.357. The Balaban J connectivity index is 3.65. The molecule has 0 aliphatic heterocycles. The maximum Gasteiger partial charge on any atom is 0.249 e. The number of aliphatic hydroxyl groups is 4. The zero-order valence-corrected chi connectivity index (χ0v) is 46.3. The number of hydrogen-bond donors (Lipinski definition) is 5. The molecule has 5 N–H and O–H groups in total. The molecular weight excluding hydrogens is 851 g/mol. The van der Waals surface area contributed by atoms with E-state index < -0.39 is 36.9 Å². The summed E-state index contributed by atoms with van der Waals surface area (Å²) >= 11 is 0. The van der Waals surface area contributed by atoms with Crippen LogP contribution in [0.4, 0.5) is 0 Å². The fourth-order valence-corrected chi connectivity index (χ4v) is 9.71. The van der Waals surface area contributed by atoms with E-state index in [0.29, 0.717) is 19.3 Å². The number of carbonyl (C=O) groups excluding carboxylic acids is 1. The van der Waals surface area contributed by atoms with Gasteiger partial charge >= 0.3 is 0 Å². The first-order valence-corrected chi connectivity index (χ1v) is 30.9. The molecule has 4 unspecified atom stereocenters. The van der Waals surface area contributed by atoms with Gasteiger partial charge in [0.15, 0.2) is 0 Å². The van der Waals surface area contributed by atoms with Crippen molar-refractivity contribution in [2.45, 2.75) is 353 Å². The molecule has 6 heteroatoms. The van der Waals surface area contributed by atoms with Gasteiger partial charge in [-0.2, -0.15) is 0 Å². The molecule has 0 spiro atoms. The summed E-state index contributed by atoms with van der Waals surface area (Å²) in [6, 6.07) is -1.01. The Hall–Kier alpha value is -1.47. The molecule has 0 saturated heterocycles. The van der Waals surface area contributed by atoms with E-state index in [1.54, 1.807) is 0 Å². The Bertz CT molecular complexity index is 1090. The predicted octanol–water partition coefficient (Wildman–Crippen LogP) is 18.4. The first-order chi connectivity index (χ1) is 34.0. The van der Waals surface area contributed by atoms with E-state index in [2.05, 4.69) is 55.6 Å². The van der Waals surface area contributed by atoms with Crippen LogP contribution in [0, 0.1) is 0 Å². The second-order valence-electron chi connectivity index (χ2n) is 21.4. The highest BCUT2D eigenvalue weighted by Gasteiger charge is 2.28. The summed E-state index contributed by atoms with van der Waals surface area (Å²) in [5.41, 5.74) is 0. The van der Waals surface area contributed by atoms with Crippen LogP contribution in [0.3, 0.4) is 0 Å². The molecule has 0 radical (unpaired) electrons. The van der Waals surface area contributed by atoms with Crippen LogP contribution < -0.4 is 5.32 Å². The smallest absolute Gasteiger partial charge is 0.249 e. The van der Waals surface area contributed by atoms with Crippen molar-refractivity contribution >= 4 is 5.91 Å². The molecular formula is C63H121NO5. The van der Waals surface area contributed by atoms with Gasteiger partial charge in [0.05, 0.1) is 18.8 Å². The fraction of sp³-hybridized carbons (Fsp3) is 0.889. The molecule has 0 rings (SSSR count). The van der Waals surface area contributed by atoms with Gasteiger partial charge in [0, 0.05) is 0 Å². The Kier molecular flexibility index (Phi) is 56.2. The Morgan fingerprint density at radius 1 is 0.348 bits per heavy atom. The van der Waals surface area contributed by atoms with Gasteiger partial charge in [-0.15, -0.1) is 0 Å². The number of unbranched alkanes of at least 4 members (excludes halogenated alkanes) is 42. The summed E-state index contributed by atoms with van der Waals surface area (Å²) in [7, 11) is 0. The molecule has 4 atom stereocenters. The maximum atomic E-state index is 12.6. The molecule has 0 aromatic rings. The minimum Gasteiger partial charge on any atom is -0.394 e. The van der Waals surface area contributed by atoms with Crippen LogP contribution in [0.2, 0.25) is 0 Å². The van der Waals surface area contributed by atoms with Gasteiger partial charge in [0.25, 0.3) is 0 Å². The lowest BCUT2D eigenvalue weighted by Crippen LogP contribution is -2.53. The molecule has 6 nitrogen and oxygen atoms in total. The molecule has 0 heterocycles. The third-order valence-electron chi connectivity index (χ3n) is 14.6. The van der Waals surface area contributed by atoms with Crippen molar-refractivity contribution < 1.29 is 25.2 Å². The highest BCUT2D eigenvalue weighted by atomic mass is 16.3. The van der Waals surface area contributed by atoms with Crippen molar-refractivity contribution in [2.75, 3.05) is 6.61 Å². The van der Waals surface area contributed by atoms with Gasteiger partial charge in [0.2, 0.25) is 5.91 Å². The van der Waals surface area contributed by atoms with Gasteiger partial charge in [0.1, 0.15) is 12.2 Å². The summed E-state index contributed by atoms with van der Waals surface area (Å²) in [5, 5.41) is 44.0. The first kappa shape index (κ1) is 67.5. The van der Waals surface area contributed by atoms with Gasteiger partial charge in [-0.1, -0.05) is 288 Å². The molecule has 0 saturated carbocycles. The van der Waals surface area contributed by atoms with E-state index in [9.17, 15) is 25.2 Å². The van der Waals surface area contributed by atoms with Crippen molar-refractivity contribution in [1.29, 1.82) is 0 Å². The highest BCUT2D eigenvalue weighted by Crippen LogP contribution is 2.18. The van der Waals surface area contributed by atoms with E-state index in [4.69, 9.17) is 0 Å². The first-order valence-electron chi connectivity index (χ1n) is 30.9. The lowest BCUT2D eigenvalue weighted by Gasteiger charge is -2.27. The Morgan fingerprint density at radius 3 is 0.913 bits per heavy atom. The van der Waals surface area contributed by atoms with Gasteiger partial charge in [-0.3, -0.25) is 4.79 Å². The fourth-order valence-electron chi connectivity index (χ4n) is 9.71. The molecule has 0 aliphatic rings. The van der Waals surface area contributed by atoms with Gasteiger partial charge in [-0.05, 0) is 77.0 Å². The van der Waals surface area contributed by atoms with Crippen LogP contribution in [0.5, 0.6) is 0 Å². The lowest BCUT2D eigenvalue weighted by molar-refractivity contribution is -0.132. The number of carbonyl (C=O) groups is 1. The largest absolute Gasteiger partial charge is 0.394 e. The molecule has 1 amide bonds. The maximum absolute atomic E-state index is 12.6. The molecule has 69 heavy (non-hydrogen) atoms. The third kappa shape index (κ3) is 51.2. The van der Waals surface area contributed by atoms with Crippen molar-refractivity contribution in [3.05, 3.63) is 36.5 Å². The molecule has 408 valence electrons. The van der Waals surface area contributed by atoms with Crippen LogP contribution in [0.1, 0.15) is 328 Å². The molecule has 0 bridgehead atoms. The van der Waals surface area contributed by atoms with Gasteiger partial charge in [-0.25, -0.2) is 0 Å². The zero-order chi connectivity index (χ0) is 50.2. The van der Waals surface area contributed by atoms with Gasteiger partial charge < -0.3 is 25.7 Å². The number of rotatable bonds is 57. The zero-order valence-electron chi connectivity index (χ0n) is 46.3. The van der Waals surface area contributed by atoms with Crippen LogP contribution in [0.15, 0.2) is 36.5 Å². The van der Waals surface area contributed by atoms with E-state index >= 15 is 0 Å². The average molecular weight is 973 g/mol. The standard InChI is InChI=1S/C63H121NO5/c1-3-5-7-9-11-13-15-17-19-21-23-25-27-29-30-31-32-33-35-36-38-40-42-44-46-48-50-52-54-56-60(66)62(68)59(58-65)64-63(69)61(67)57-55-53-51-49-47-45-43-41-39-37-34-28-26-24-22-20-18-16-14-12-10-8-6-4-2/h34,37,40,42,48,50,59-62,65-68H,3-33,35-36,38-39,41,43-47,49,51-58H2,1-2H3,(H,64,69)/b37-34-,42-40+,50-48+. The monoisotopic (exact) mass is 972 g/mol. The number of amides is 1. The van der Waals surface area contributed by atoms with Crippen molar-refractivity contribution in [3.63, 3.8) is 0 Å². The van der Waals surface area contributed by atoms with Crippen LogP contribution in [0.25, 0.3) is 0 Å². The SMILES string of the molecule is CCCCCCCCCCCCCC/C=C\CCCCCCCCCCC(O)C(=O)NC(CO)C(O)C(O)CCC/C=C/CC/C=C/CCCCCCCCCCCCCCCCCCCCCC. The average Bonchev–Trinajstić information content (AvgIpc) is 3.35. The Labute approximate surface area is 430 Å². The Morgan fingerprint density at radius 2 is 0.609 bits per heavy atom. The van der Waals surface area contributed by atoms with Crippen LogP contribution >= 0.6 is 0 Å². The molecule has 0 aliphatic carbocycles. The van der Waals surface area contributed by atoms with Crippen molar-refractivity contribution in [2.24, 2.45) is 0 Å². The molecule has 0 fully saturated rings. The predicted molar refractivity (Wildman–Crippen MR) is 302 cm³/mol. The van der Waals surface area contributed by atoms with E-state index in [0.717, 1.165) is 38.5 Å². The summed E-state index contributed by atoms with van der Waals surface area (Å²) < 4.78 is 0. The summed E-state index contributed by atoms with van der Waals surface area (Å²) in [4.78, 5) is 12.6. The minimum atomic E-state index is -1.29. The highest BCUT2D eigenvalue weighted by molar-refractivity contribution is 5.80. The normalized spacial score (nSPS) is 13.9. The summed E-state index contributed by atoms with van der Waals surface area (Å²) in [6.07, 6.45) is 72.4. The van der Waals surface area contributed by atoms with E-state index in [1.165, 1.54) is 257 Å². The van der Waals surface area contributed by atoms with Crippen molar-refractivity contribution in [1.82, 2.24) is 5.32 Å². The number of nitrogens with one attached hydrogen (secondary N) is 1. The van der Waals surface area contributed by atoms with E-state index in [-0.39, 0.29) is 0 Å². The summed E-state index contributed by atoms with van der Waals surface area (Å²) in [6.45, 7) is 4.08. The second-order valence-corrected chi connectivity index (χ2v) is 21.4. The van der Waals surface area contributed by atoms with E-state index in [1.807, 2.05) is 0 Å². The van der Waals surface area contributed by atoms with Crippen LogP contribution in [-0.2, 0) is 4.79 Å². The quantitative estimate of drug-likeness (QED) is 0.0308. The lowest BCUT2D eigenvalue weighted by atomic mass is 10.00. The topological polar surface area (TPSA) is 110 Å². The van der Waals surface area contributed by atoms with Crippen molar-refractivity contribution in [3.8, 4) is 0 Å². The summed E-state index contributed by atoms with van der Waals surface area (Å²) in [5.74, 6) is -0.596.